The number of fused-ring (bicyclic) bond motifs is 1. The summed E-state index contributed by atoms with van der Waals surface area (Å²) >= 11 is 0. The fourth-order valence-electron chi connectivity index (χ4n) is 2.44. The lowest BCUT2D eigenvalue weighted by Crippen LogP contribution is -2.24. The van der Waals surface area contributed by atoms with Crippen LogP contribution in [0, 0.1) is 23.4 Å². The van der Waals surface area contributed by atoms with Gasteiger partial charge >= 0.3 is 0 Å². The van der Waals surface area contributed by atoms with Gasteiger partial charge < -0.3 is 5.32 Å². The predicted molar refractivity (Wildman–Crippen MR) is 55.6 cm³/mol. The van der Waals surface area contributed by atoms with Gasteiger partial charge in [0.15, 0.2) is 17.5 Å². The normalized spacial score (nSPS) is 23.6. The van der Waals surface area contributed by atoms with Crippen LogP contribution in [0.3, 0.4) is 0 Å². The van der Waals surface area contributed by atoms with Gasteiger partial charge in [0.1, 0.15) is 0 Å². The quantitative estimate of drug-likeness (QED) is 0.769. The lowest BCUT2D eigenvalue weighted by atomic mass is 10.0. The molecule has 2 rings (SSSR count). The van der Waals surface area contributed by atoms with Gasteiger partial charge in [0, 0.05) is 11.6 Å². The fraction of sp³-hybridized carbons (Fsp3) is 0.500. The van der Waals surface area contributed by atoms with Crippen molar-refractivity contribution in [1.29, 1.82) is 0 Å². The zero-order chi connectivity index (χ0) is 11.9. The van der Waals surface area contributed by atoms with E-state index in [1.165, 1.54) is 0 Å². The Morgan fingerprint density at radius 3 is 2.62 bits per heavy atom. The van der Waals surface area contributed by atoms with Crippen LogP contribution in [0.25, 0.3) is 0 Å². The second-order valence-electron chi connectivity index (χ2n) is 4.28. The summed E-state index contributed by atoms with van der Waals surface area (Å²) in [6, 6.07) is 0.900. The zero-order valence-electron chi connectivity index (χ0n) is 9.28. The molecule has 2 unspecified atom stereocenters. The van der Waals surface area contributed by atoms with Gasteiger partial charge in [-0.25, -0.2) is 13.2 Å². The molecular weight excluding hydrogens is 215 g/mol. The highest BCUT2D eigenvalue weighted by atomic mass is 19.2. The van der Waals surface area contributed by atoms with Crippen LogP contribution in [0.1, 0.15) is 31.0 Å². The molecule has 2 atom stereocenters. The van der Waals surface area contributed by atoms with E-state index in [4.69, 9.17) is 0 Å². The van der Waals surface area contributed by atoms with Crippen molar-refractivity contribution >= 4 is 0 Å². The molecule has 0 aliphatic heterocycles. The monoisotopic (exact) mass is 229 g/mol. The molecule has 1 nitrogen and oxygen atoms in total. The number of nitrogens with one attached hydrogen (secondary N) is 1. The molecule has 16 heavy (non-hydrogen) atoms. The predicted octanol–water partition coefficient (Wildman–Crippen LogP) is 2.95. The lowest BCUT2D eigenvalue weighted by Gasteiger charge is -2.18. The molecule has 1 aliphatic carbocycles. The van der Waals surface area contributed by atoms with Crippen molar-refractivity contribution in [3.63, 3.8) is 0 Å². The summed E-state index contributed by atoms with van der Waals surface area (Å²) in [5.74, 6) is -3.34. The Kier molecular flexibility index (Phi) is 2.93. The van der Waals surface area contributed by atoms with Crippen LogP contribution in [0.15, 0.2) is 6.07 Å². The van der Waals surface area contributed by atoms with Crippen molar-refractivity contribution in [2.24, 2.45) is 5.92 Å². The van der Waals surface area contributed by atoms with Gasteiger partial charge in [-0.3, -0.25) is 0 Å². The van der Waals surface area contributed by atoms with Gasteiger partial charge in [-0.1, -0.05) is 13.8 Å². The third-order valence-electron chi connectivity index (χ3n) is 3.13. The SMILES string of the molecule is CCNC1c2c(cc(F)c(F)c2F)CC1C. The van der Waals surface area contributed by atoms with Crippen molar-refractivity contribution in [3.05, 3.63) is 34.6 Å². The van der Waals surface area contributed by atoms with Crippen LogP contribution >= 0.6 is 0 Å². The third-order valence-corrected chi connectivity index (χ3v) is 3.13. The minimum atomic E-state index is -1.37. The maximum atomic E-state index is 13.7. The molecule has 88 valence electrons. The number of benzene rings is 1. The summed E-state index contributed by atoms with van der Waals surface area (Å²) in [5, 5.41) is 3.11. The van der Waals surface area contributed by atoms with Gasteiger partial charge in [0.05, 0.1) is 0 Å². The van der Waals surface area contributed by atoms with Crippen molar-refractivity contribution in [1.82, 2.24) is 5.32 Å². The summed E-state index contributed by atoms with van der Waals surface area (Å²) in [6.45, 7) is 4.53. The molecular formula is C12H14F3N. The second-order valence-corrected chi connectivity index (χ2v) is 4.28. The minimum absolute atomic E-state index is 0.158. The molecule has 0 spiro atoms. The fourth-order valence-corrected chi connectivity index (χ4v) is 2.44. The van der Waals surface area contributed by atoms with Crippen molar-refractivity contribution in [2.75, 3.05) is 6.54 Å². The number of hydrogen-bond acceptors (Lipinski definition) is 1. The van der Waals surface area contributed by atoms with Crippen LogP contribution in [0.4, 0.5) is 13.2 Å². The highest BCUT2D eigenvalue weighted by Gasteiger charge is 2.34. The number of rotatable bonds is 2. The Hall–Kier alpha value is -1.03. The summed E-state index contributed by atoms with van der Waals surface area (Å²) in [7, 11) is 0. The van der Waals surface area contributed by atoms with Crippen molar-refractivity contribution in [2.45, 2.75) is 26.3 Å². The lowest BCUT2D eigenvalue weighted by molar-refractivity contribution is 0.398. The highest BCUT2D eigenvalue weighted by Crippen LogP contribution is 2.38. The summed E-state index contributed by atoms with van der Waals surface area (Å²) in [4.78, 5) is 0. The Balaban J connectivity index is 2.52. The molecule has 1 aromatic carbocycles. The van der Waals surface area contributed by atoms with Crippen LogP contribution in [0.5, 0.6) is 0 Å². The van der Waals surface area contributed by atoms with E-state index in [1.807, 2.05) is 13.8 Å². The van der Waals surface area contributed by atoms with Crippen molar-refractivity contribution in [3.8, 4) is 0 Å². The molecule has 0 saturated carbocycles. The van der Waals surface area contributed by atoms with Crippen LogP contribution in [0.2, 0.25) is 0 Å². The first-order chi connectivity index (χ1) is 7.56. The molecule has 1 N–H and O–H groups in total. The average molecular weight is 229 g/mol. The summed E-state index contributed by atoms with van der Waals surface area (Å²) in [6.07, 6.45) is 0.584. The molecule has 1 aromatic rings. The maximum Gasteiger partial charge on any atom is 0.194 e. The van der Waals surface area contributed by atoms with E-state index >= 15 is 0 Å². The second kappa shape index (κ2) is 4.09. The Bertz CT molecular complexity index is 417. The van der Waals surface area contributed by atoms with E-state index < -0.39 is 17.5 Å². The van der Waals surface area contributed by atoms with Gasteiger partial charge in [0.2, 0.25) is 0 Å². The molecule has 1 aliphatic rings. The third kappa shape index (κ3) is 1.61. The maximum absolute atomic E-state index is 13.7. The topological polar surface area (TPSA) is 12.0 Å². The standard InChI is InChI=1S/C12H14F3N/c1-3-16-12-6(2)4-7-5-8(13)10(14)11(15)9(7)12/h5-6,12,16H,3-4H2,1-2H3. The Labute approximate surface area is 92.7 Å². The smallest absolute Gasteiger partial charge is 0.194 e. The van der Waals surface area contributed by atoms with Crippen LogP contribution in [-0.4, -0.2) is 6.54 Å². The van der Waals surface area contributed by atoms with E-state index in [-0.39, 0.29) is 12.0 Å². The summed E-state index contributed by atoms with van der Waals surface area (Å²) < 4.78 is 39.8. The first kappa shape index (κ1) is 11.5. The molecule has 0 bridgehead atoms. The van der Waals surface area contributed by atoms with Gasteiger partial charge in [-0.15, -0.1) is 0 Å². The minimum Gasteiger partial charge on any atom is -0.310 e. The van der Waals surface area contributed by atoms with E-state index in [1.54, 1.807) is 0 Å². The number of hydrogen-bond donors (Lipinski definition) is 1. The van der Waals surface area contributed by atoms with Gasteiger partial charge in [0.25, 0.3) is 0 Å². The highest BCUT2D eigenvalue weighted by molar-refractivity contribution is 5.38. The zero-order valence-corrected chi connectivity index (χ0v) is 9.28. The van der Waals surface area contributed by atoms with Crippen LogP contribution < -0.4 is 5.32 Å². The molecule has 0 fully saturated rings. The number of halogens is 3. The van der Waals surface area contributed by atoms with Crippen molar-refractivity contribution < 1.29 is 13.2 Å². The molecule has 0 radical (unpaired) electrons. The Morgan fingerprint density at radius 2 is 2.00 bits per heavy atom. The summed E-state index contributed by atoms with van der Waals surface area (Å²) in [5.41, 5.74) is 0.878. The van der Waals surface area contributed by atoms with E-state index in [0.29, 0.717) is 24.1 Å². The molecule has 0 aromatic heterocycles. The molecule has 4 heteroatoms. The van der Waals surface area contributed by atoms with E-state index in [9.17, 15) is 13.2 Å². The first-order valence-corrected chi connectivity index (χ1v) is 5.45. The molecule has 0 heterocycles. The molecule has 0 saturated heterocycles. The first-order valence-electron chi connectivity index (χ1n) is 5.45. The Morgan fingerprint density at radius 1 is 1.31 bits per heavy atom. The van der Waals surface area contributed by atoms with Gasteiger partial charge in [-0.2, -0.15) is 0 Å². The van der Waals surface area contributed by atoms with E-state index in [0.717, 1.165) is 6.07 Å². The average Bonchev–Trinajstić information content (AvgIpc) is 2.53. The molecule has 0 amide bonds. The van der Waals surface area contributed by atoms with Crippen LogP contribution in [-0.2, 0) is 6.42 Å². The van der Waals surface area contributed by atoms with E-state index in [2.05, 4.69) is 5.32 Å². The van der Waals surface area contributed by atoms with Gasteiger partial charge in [-0.05, 0) is 30.5 Å². The largest absolute Gasteiger partial charge is 0.310 e.